The number of nitrogens with two attached hydrogens (primary N) is 1. The molecule has 20 heavy (non-hydrogen) atoms. The Morgan fingerprint density at radius 2 is 2.15 bits per heavy atom. The Morgan fingerprint density at radius 1 is 1.45 bits per heavy atom. The van der Waals surface area contributed by atoms with Gasteiger partial charge in [-0.1, -0.05) is 24.6 Å². The number of piperidine rings is 1. The normalized spacial score (nSPS) is 24.8. The van der Waals surface area contributed by atoms with E-state index < -0.39 is 10.0 Å². The van der Waals surface area contributed by atoms with Crippen LogP contribution in [0.5, 0.6) is 0 Å². The van der Waals surface area contributed by atoms with E-state index in [1.807, 2.05) is 6.92 Å². The summed E-state index contributed by atoms with van der Waals surface area (Å²) in [5.41, 5.74) is 6.69. The predicted molar refractivity (Wildman–Crippen MR) is 81.3 cm³/mol. The number of hydrogen-bond donors (Lipinski definition) is 1. The highest BCUT2D eigenvalue weighted by molar-refractivity contribution is 7.89. The lowest BCUT2D eigenvalue weighted by Crippen LogP contribution is -2.49. The van der Waals surface area contributed by atoms with Crippen molar-refractivity contribution >= 4 is 21.6 Å². The van der Waals surface area contributed by atoms with Crippen molar-refractivity contribution in [3.8, 4) is 0 Å². The number of halogens is 1. The molecule has 0 saturated carbocycles. The largest absolute Gasteiger partial charge is 0.329 e. The molecule has 0 amide bonds. The Labute approximate surface area is 126 Å². The lowest BCUT2D eigenvalue weighted by Gasteiger charge is -2.37. The molecule has 1 fully saturated rings. The molecule has 0 radical (unpaired) electrons. The van der Waals surface area contributed by atoms with Crippen molar-refractivity contribution in [3.05, 3.63) is 28.8 Å². The molecule has 6 heteroatoms. The molecule has 0 aromatic heterocycles. The van der Waals surface area contributed by atoms with E-state index in [0.29, 0.717) is 19.0 Å². The molecular weight excluding hydrogens is 296 g/mol. The second-order valence-corrected chi connectivity index (χ2v) is 7.83. The lowest BCUT2D eigenvalue weighted by molar-refractivity contribution is 0.211. The smallest absolute Gasteiger partial charge is 0.244 e. The van der Waals surface area contributed by atoms with Gasteiger partial charge in [0.05, 0.1) is 5.02 Å². The molecule has 2 N–H and O–H groups in total. The van der Waals surface area contributed by atoms with Crippen LogP contribution in [0.3, 0.4) is 0 Å². The summed E-state index contributed by atoms with van der Waals surface area (Å²) in [6.45, 7) is 4.86. The van der Waals surface area contributed by atoms with Crippen LogP contribution in [0.15, 0.2) is 23.1 Å². The van der Waals surface area contributed by atoms with Crippen LogP contribution in [0.2, 0.25) is 5.02 Å². The SMILES string of the molecule is Cc1ccc(S(=O)(=O)N2CCC(C)CC2CN)c(Cl)c1. The first-order valence-electron chi connectivity index (χ1n) is 6.84. The molecule has 1 aliphatic heterocycles. The molecule has 1 aromatic carbocycles. The number of aryl methyl sites for hydroxylation is 1. The third-order valence-corrected chi connectivity index (χ3v) is 6.30. The molecule has 2 atom stereocenters. The Kier molecular flexibility index (Phi) is 4.74. The van der Waals surface area contributed by atoms with E-state index in [1.54, 1.807) is 18.2 Å². The summed E-state index contributed by atoms with van der Waals surface area (Å²) in [5.74, 6) is 0.503. The molecule has 1 heterocycles. The number of nitrogens with zero attached hydrogens (tertiary/aromatic N) is 1. The fraction of sp³-hybridized carbons (Fsp3) is 0.571. The maximum Gasteiger partial charge on any atom is 0.244 e. The van der Waals surface area contributed by atoms with Gasteiger partial charge in [0, 0.05) is 19.1 Å². The Morgan fingerprint density at radius 3 is 2.75 bits per heavy atom. The molecule has 0 spiro atoms. The average Bonchev–Trinajstić information content (AvgIpc) is 2.37. The highest BCUT2D eigenvalue weighted by atomic mass is 35.5. The second-order valence-electron chi connectivity index (χ2n) is 5.57. The van der Waals surface area contributed by atoms with Gasteiger partial charge in [0.2, 0.25) is 10.0 Å². The van der Waals surface area contributed by atoms with Crippen molar-refractivity contribution in [1.29, 1.82) is 0 Å². The van der Waals surface area contributed by atoms with Crippen LogP contribution in [0.1, 0.15) is 25.3 Å². The third kappa shape index (κ3) is 3.01. The molecule has 0 aliphatic carbocycles. The van der Waals surface area contributed by atoms with Crippen LogP contribution >= 0.6 is 11.6 Å². The number of sulfonamides is 1. The maximum atomic E-state index is 12.8. The Hall–Kier alpha value is -0.620. The summed E-state index contributed by atoms with van der Waals surface area (Å²) in [6, 6.07) is 4.89. The quantitative estimate of drug-likeness (QED) is 0.931. The van der Waals surface area contributed by atoms with Crippen molar-refractivity contribution in [2.24, 2.45) is 11.7 Å². The summed E-state index contributed by atoms with van der Waals surface area (Å²) < 4.78 is 27.1. The highest BCUT2D eigenvalue weighted by Crippen LogP contribution is 2.31. The minimum absolute atomic E-state index is 0.138. The van der Waals surface area contributed by atoms with Crippen LogP contribution < -0.4 is 5.73 Å². The van der Waals surface area contributed by atoms with Crippen LogP contribution in [0.25, 0.3) is 0 Å². The lowest BCUT2D eigenvalue weighted by atomic mass is 9.94. The summed E-state index contributed by atoms with van der Waals surface area (Å²) in [6.07, 6.45) is 1.67. The zero-order chi connectivity index (χ0) is 14.9. The van der Waals surface area contributed by atoms with Gasteiger partial charge in [-0.25, -0.2) is 8.42 Å². The van der Waals surface area contributed by atoms with Gasteiger partial charge in [0.25, 0.3) is 0 Å². The highest BCUT2D eigenvalue weighted by Gasteiger charge is 2.35. The molecule has 1 aromatic rings. The second kappa shape index (κ2) is 6.02. The number of benzene rings is 1. The Bertz CT molecular complexity index is 589. The maximum absolute atomic E-state index is 12.8. The zero-order valence-electron chi connectivity index (χ0n) is 11.8. The summed E-state index contributed by atoms with van der Waals surface area (Å²) in [4.78, 5) is 0.178. The number of hydrogen-bond acceptors (Lipinski definition) is 3. The first-order valence-corrected chi connectivity index (χ1v) is 8.66. The third-order valence-electron chi connectivity index (χ3n) is 3.87. The van der Waals surface area contributed by atoms with E-state index in [4.69, 9.17) is 17.3 Å². The molecule has 1 aliphatic rings. The average molecular weight is 317 g/mol. The van der Waals surface area contributed by atoms with Crippen LogP contribution in [0, 0.1) is 12.8 Å². The standard InChI is InChI=1S/C14H21ClN2O2S/c1-10-3-4-14(13(15)8-10)20(18,19)17-6-5-11(2)7-12(17)9-16/h3-4,8,11-12H,5-7,9,16H2,1-2H3. The van der Waals surface area contributed by atoms with Gasteiger partial charge in [-0.2, -0.15) is 4.31 Å². The topological polar surface area (TPSA) is 63.4 Å². The van der Waals surface area contributed by atoms with Crippen LogP contribution in [-0.2, 0) is 10.0 Å². The molecule has 2 rings (SSSR count). The molecule has 4 nitrogen and oxygen atoms in total. The van der Waals surface area contributed by atoms with Gasteiger partial charge in [-0.05, 0) is 43.4 Å². The first-order chi connectivity index (χ1) is 9.36. The van der Waals surface area contributed by atoms with Gasteiger partial charge in [0.15, 0.2) is 0 Å². The van der Waals surface area contributed by atoms with Gasteiger partial charge >= 0.3 is 0 Å². The molecule has 0 bridgehead atoms. The van der Waals surface area contributed by atoms with Crippen molar-refractivity contribution in [1.82, 2.24) is 4.31 Å². The van der Waals surface area contributed by atoms with E-state index in [2.05, 4.69) is 6.92 Å². The summed E-state index contributed by atoms with van der Waals surface area (Å²) >= 11 is 6.12. The fourth-order valence-electron chi connectivity index (χ4n) is 2.70. The van der Waals surface area contributed by atoms with Gasteiger partial charge in [-0.3, -0.25) is 0 Å². The molecule has 1 saturated heterocycles. The van der Waals surface area contributed by atoms with E-state index in [1.165, 1.54) is 4.31 Å². The minimum Gasteiger partial charge on any atom is -0.329 e. The first kappa shape index (κ1) is 15.8. The fourth-order valence-corrected chi connectivity index (χ4v) is 4.94. The van der Waals surface area contributed by atoms with E-state index >= 15 is 0 Å². The van der Waals surface area contributed by atoms with Gasteiger partial charge in [0.1, 0.15) is 4.90 Å². The van der Waals surface area contributed by atoms with Crippen molar-refractivity contribution in [2.75, 3.05) is 13.1 Å². The van der Waals surface area contributed by atoms with Crippen LogP contribution in [-0.4, -0.2) is 31.9 Å². The van der Waals surface area contributed by atoms with Crippen molar-refractivity contribution in [3.63, 3.8) is 0 Å². The zero-order valence-corrected chi connectivity index (χ0v) is 13.4. The molecule has 2 unspecified atom stereocenters. The van der Waals surface area contributed by atoms with Gasteiger partial charge < -0.3 is 5.73 Å². The molecular formula is C14H21ClN2O2S. The minimum atomic E-state index is -3.57. The van der Waals surface area contributed by atoms with Crippen LogP contribution in [0.4, 0.5) is 0 Å². The molecule has 112 valence electrons. The monoisotopic (exact) mass is 316 g/mol. The number of rotatable bonds is 3. The summed E-state index contributed by atoms with van der Waals surface area (Å²) in [7, 11) is -3.57. The predicted octanol–water partition coefficient (Wildman–Crippen LogP) is 2.40. The van der Waals surface area contributed by atoms with E-state index in [0.717, 1.165) is 18.4 Å². The van der Waals surface area contributed by atoms with Crippen molar-refractivity contribution in [2.45, 2.75) is 37.6 Å². The van der Waals surface area contributed by atoms with Crippen molar-refractivity contribution < 1.29 is 8.42 Å². The van der Waals surface area contributed by atoms with Gasteiger partial charge in [-0.15, -0.1) is 0 Å². The summed E-state index contributed by atoms with van der Waals surface area (Å²) in [5, 5.41) is 0.277. The van der Waals surface area contributed by atoms with E-state index in [9.17, 15) is 8.42 Å². The van der Waals surface area contributed by atoms with E-state index in [-0.39, 0.29) is 16.0 Å². The Balaban J connectivity index is 2.38.